The van der Waals surface area contributed by atoms with E-state index in [0.717, 1.165) is 6.42 Å². The molecule has 112 valence electrons. The topological polar surface area (TPSA) is 33.0 Å². The zero-order valence-electron chi connectivity index (χ0n) is 10.9. The van der Waals surface area contributed by atoms with E-state index in [-0.39, 0.29) is 12.2 Å². The number of halogens is 5. The summed E-state index contributed by atoms with van der Waals surface area (Å²) in [6.45, 7) is 0.913. The number of allylic oxidation sites excluding steroid dienone is 4. The van der Waals surface area contributed by atoms with Gasteiger partial charge in [-0.25, -0.2) is 0 Å². The highest BCUT2D eigenvalue weighted by Crippen LogP contribution is 2.44. The Morgan fingerprint density at radius 3 is 2.35 bits per heavy atom. The number of nitrogens with zero attached hydrogens (tertiary/aromatic N) is 1. The van der Waals surface area contributed by atoms with Gasteiger partial charge in [0.2, 0.25) is 0 Å². The maximum Gasteiger partial charge on any atom is 0.461 e. The molecule has 0 aromatic rings. The first-order chi connectivity index (χ1) is 9.25. The van der Waals surface area contributed by atoms with Crippen molar-refractivity contribution in [1.82, 2.24) is 0 Å². The molecule has 1 aliphatic carbocycles. The van der Waals surface area contributed by atoms with E-state index in [9.17, 15) is 22.0 Å². The minimum absolute atomic E-state index is 0.200. The van der Waals surface area contributed by atoms with Gasteiger partial charge in [0.05, 0.1) is 12.2 Å². The molecule has 0 aromatic heterocycles. The number of hydrogen-bond acceptors (Lipinski definition) is 2. The fourth-order valence-electron chi connectivity index (χ4n) is 1.93. The molecular formula is C13H14F5NO. The van der Waals surface area contributed by atoms with Gasteiger partial charge in [0.1, 0.15) is 6.07 Å². The molecule has 0 bridgehead atoms. The number of rotatable bonds is 4. The first-order valence-corrected chi connectivity index (χ1v) is 6.17. The highest BCUT2D eigenvalue weighted by molar-refractivity contribution is 5.46. The van der Waals surface area contributed by atoms with Gasteiger partial charge in [-0.15, -0.1) is 0 Å². The van der Waals surface area contributed by atoms with Crippen molar-refractivity contribution >= 4 is 0 Å². The van der Waals surface area contributed by atoms with Crippen LogP contribution in [0.25, 0.3) is 0 Å². The van der Waals surface area contributed by atoms with E-state index >= 15 is 0 Å². The summed E-state index contributed by atoms with van der Waals surface area (Å²) in [6, 6.07) is 1.44. The average Bonchev–Trinajstić information content (AvgIpc) is 2.38. The van der Waals surface area contributed by atoms with Crippen molar-refractivity contribution in [3.8, 4) is 6.07 Å². The Bertz CT molecular complexity index is 456. The molecule has 0 aromatic carbocycles. The molecule has 0 unspecified atom stereocenters. The minimum Gasteiger partial charge on any atom is -0.490 e. The number of alkyl halides is 5. The van der Waals surface area contributed by atoms with Gasteiger partial charge in [-0.1, -0.05) is 6.08 Å². The minimum atomic E-state index is -5.80. The van der Waals surface area contributed by atoms with Crippen molar-refractivity contribution in [1.29, 1.82) is 5.26 Å². The molecule has 0 aliphatic heterocycles. The highest BCUT2D eigenvalue weighted by atomic mass is 19.4. The van der Waals surface area contributed by atoms with Crippen LogP contribution >= 0.6 is 0 Å². The summed E-state index contributed by atoms with van der Waals surface area (Å²) in [5, 5.41) is 8.98. The summed E-state index contributed by atoms with van der Waals surface area (Å²) in [5.41, 5.74) is -0.500. The lowest BCUT2D eigenvalue weighted by Crippen LogP contribution is -2.40. The molecule has 0 spiro atoms. The lowest BCUT2D eigenvalue weighted by atomic mass is 9.92. The fourth-order valence-corrected chi connectivity index (χ4v) is 1.93. The molecule has 20 heavy (non-hydrogen) atoms. The SMILES string of the molecule is CCO/C(=C(/C#N)C1=CCCCC1)C(F)(F)C(F)(F)F. The molecule has 1 aliphatic rings. The number of hydrogen-bond donors (Lipinski definition) is 0. The zero-order chi connectivity index (χ0) is 15.4. The number of nitriles is 1. The van der Waals surface area contributed by atoms with E-state index in [1.807, 2.05) is 0 Å². The third-order valence-electron chi connectivity index (χ3n) is 2.88. The first kappa shape index (κ1) is 16.5. The van der Waals surface area contributed by atoms with Crippen LogP contribution in [0, 0.1) is 11.3 Å². The summed E-state index contributed by atoms with van der Waals surface area (Å²) >= 11 is 0. The van der Waals surface area contributed by atoms with Crippen molar-refractivity contribution in [3.05, 3.63) is 23.0 Å². The van der Waals surface area contributed by atoms with Crippen molar-refractivity contribution in [2.24, 2.45) is 0 Å². The Morgan fingerprint density at radius 2 is 1.95 bits per heavy atom. The predicted octanol–water partition coefficient (Wildman–Crippen LogP) is 4.50. The molecule has 7 heteroatoms. The molecule has 0 atom stereocenters. The molecule has 1 rings (SSSR count). The van der Waals surface area contributed by atoms with Gasteiger partial charge in [0, 0.05) is 0 Å². The van der Waals surface area contributed by atoms with Gasteiger partial charge in [0.15, 0.2) is 5.76 Å². The molecule has 2 nitrogen and oxygen atoms in total. The van der Waals surface area contributed by atoms with Crippen LogP contribution in [0.4, 0.5) is 22.0 Å². The van der Waals surface area contributed by atoms with Gasteiger partial charge in [-0.05, 0) is 38.2 Å². The van der Waals surface area contributed by atoms with E-state index < -0.39 is 23.4 Å². The van der Waals surface area contributed by atoms with Crippen molar-refractivity contribution in [2.75, 3.05) is 6.61 Å². The summed E-state index contributed by atoms with van der Waals surface area (Å²) in [4.78, 5) is 0. The monoisotopic (exact) mass is 295 g/mol. The fraction of sp³-hybridized carbons (Fsp3) is 0.615. The van der Waals surface area contributed by atoms with Gasteiger partial charge in [-0.3, -0.25) is 0 Å². The normalized spacial score (nSPS) is 17.9. The average molecular weight is 295 g/mol. The molecule has 0 saturated carbocycles. The molecule has 0 radical (unpaired) electrons. The standard InChI is InChI=1S/C13H14F5NO/c1-2-20-11(12(14,15)13(16,17)18)10(8-19)9-6-4-3-5-7-9/h6H,2-5,7H2,1H3/b11-10-. The molecule has 0 heterocycles. The van der Waals surface area contributed by atoms with E-state index in [4.69, 9.17) is 5.26 Å². The predicted molar refractivity (Wildman–Crippen MR) is 61.8 cm³/mol. The molecular weight excluding hydrogens is 281 g/mol. The third-order valence-corrected chi connectivity index (χ3v) is 2.88. The van der Waals surface area contributed by atoms with Crippen LogP contribution in [-0.4, -0.2) is 18.7 Å². The molecule has 0 fully saturated rings. The van der Waals surface area contributed by atoms with Crippen LogP contribution in [0.2, 0.25) is 0 Å². The Morgan fingerprint density at radius 1 is 1.30 bits per heavy atom. The van der Waals surface area contributed by atoms with Crippen molar-refractivity contribution in [3.63, 3.8) is 0 Å². The molecule has 0 saturated heterocycles. The summed E-state index contributed by atoms with van der Waals surface area (Å²) in [7, 11) is 0. The van der Waals surface area contributed by atoms with Crippen LogP contribution < -0.4 is 0 Å². The second-order valence-electron chi connectivity index (χ2n) is 4.30. The maximum absolute atomic E-state index is 13.5. The molecule has 0 amide bonds. The quantitative estimate of drug-likeness (QED) is 0.434. The Balaban J connectivity index is 3.37. The largest absolute Gasteiger partial charge is 0.490 e. The summed E-state index contributed by atoms with van der Waals surface area (Å²) in [6.07, 6.45) is -1.96. The lowest BCUT2D eigenvalue weighted by molar-refractivity contribution is -0.277. The van der Waals surface area contributed by atoms with Crippen molar-refractivity contribution < 1.29 is 26.7 Å². The van der Waals surface area contributed by atoms with Gasteiger partial charge in [0.25, 0.3) is 0 Å². The van der Waals surface area contributed by atoms with Crippen LogP contribution in [-0.2, 0) is 4.74 Å². The number of ether oxygens (including phenoxy) is 1. The second-order valence-corrected chi connectivity index (χ2v) is 4.30. The summed E-state index contributed by atoms with van der Waals surface area (Å²) < 4.78 is 68.9. The van der Waals surface area contributed by atoms with Crippen LogP contribution in [0.3, 0.4) is 0 Å². The highest BCUT2D eigenvalue weighted by Gasteiger charge is 2.62. The van der Waals surface area contributed by atoms with Gasteiger partial charge in [-0.2, -0.15) is 27.2 Å². The van der Waals surface area contributed by atoms with E-state index in [1.54, 1.807) is 0 Å². The third kappa shape index (κ3) is 3.30. The van der Waals surface area contributed by atoms with E-state index in [0.29, 0.717) is 19.3 Å². The first-order valence-electron chi connectivity index (χ1n) is 6.17. The van der Waals surface area contributed by atoms with E-state index in [1.165, 1.54) is 19.1 Å². The Hall–Kier alpha value is -1.58. The smallest absolute Gasteiger partial charge is 0.461 e. The van der Waals surface area contributed by atoms with Gasteiger partial charge >= 0.3 is 12.1 Å². The van der Waals surface area contributed by atoms with Crippen LogP contribution in [0.1, 0.15) is 32.6 Å². The molecule has 0 N–H and O–H groups in total. The lowest BCUT2D eigenvalue weighted by Gasteiger charge is -2.24. The maximum atomic E-state index is 13.5. The van der Waals surface area contributed by atoms with Crippen molar-refractivity contribution in [2.45, 2.75) is 44.7 Å². The van der Waals surface area contributed by atoms with Crippen LogP contribution in [0.15, 0.2) is 23.0 Å². The summed E-state index contributed by atoms with van der Waals surface area (Å²) in [5.74, 6) is -6.77. The Labute approximate surface area is 113 Å². The second kappa shape index (κ2) is 6.25. The van der Waals surface area contributed by atoms with Crippen LogP contribution in [0.5, 0.6) is 0 Å². The zero-order valence-corrected chi connectivity index (χ0v) is 10.9. The van der Waals surface area contributed by atoms with E-state index in [2.05, 4.69) is 4.74 Å². The van der Waals surface area contributed by atoms with Gasteiger partial charge < -0.3 is 4.74 Å². The Kier molecular flexibility index (Phi) is 5.15.